The van der Waals surface area contributed by atoms with Crippen LogP contribution in [0, 0.1) is 5.92 Å². The minimum Gasteiger partial charge on any atom is -0.497 e. The van der Waals surface area contributed by atoms with Crippen LogP contribution in [0.25, 0.3) is 10.6 Å². The third-order valence-corrected chi connectivity index (χ3v) is 7.12. The second kappa shape index (κ2) is 10.4. The molecule has 1 amide bonds. The van der Waals surface area contributed by atoms with Gasteiger partial charge < -0.3 is 15.4 Å². The van der Waals surface area contributed by atoms with Crippen LogP contribution in [0.2, 0.25) is 0 Å². The highest BCUT2D eigenvalue weighted by Crippen LogP contribution is 2.38. The molecule has 1 aromatic carbocycles. The van der Waals surface area contributed by atoms with Gasteiger partial charge in [0.15, 0.2) is 0 Å². The lowest BCUT2D eigenvalue weighted by molar-refractivity contribution is -0.122. The molecule has 2 N–H and O–H groups in total. The van der Waals surface area contributed by atoms with Crippen molar-refractivity contribution in [3.05, 3.63) is 34.8 Å². The van der Waals surface area contributed by atoms with E-state index in [-0.39, 0.29) is 24.4 Å². The molecule has 0 saturated carbocycles. The Hall–Kier alpha value is -1.63. The number of aromatic nitrogens is 1. The van der Waals surface area contributed by atoms with Crippen molar-refractivity contribution in [1.29, 1.82) is 0 Å². The number of piperidine rings is 1. The van der Waals surface area contributed by atoms with Crippen molar-refractivity contribution < 1.29 is 9.53 Å². The van der Waals surface area contributed by atoms with Crippen LogP contribution in [0.1, 0.15) is 55.1 Å². The number of amides is 1. The van der Waals surface area contributed by atoms with Gasteiger partial charge in [-0.3, -0.25) is 4.79 Å². The number of nitrogens with zero attached hydrogens (tertiary/aromatic N) is 1. The molecule has 2 aliphatic rings. The van der Waals surface area contributed by atoms with Crippen LogP contribution >= 0.6 is 23.7 Å². The molecule has 0 radical (unpaired) electrons. The van der Waals surface area contributed by atoms with Gasteiger partial charge in [-0.2, -0.15) is 0 Å². The average Bonchev–Trinajstić information content (AvgIpc) is 3.18. The summed E-state index contributed by atoms with van der Waals surface area (Å²) < 4.78 is 5.25. The fourth-order valence-electron chi connectivity index (χ4n) is 4.19. The third kappa shape index (κ3) is 5.50. The predicted octanol–water partition coefficient (Wildman–Crippen LogP) is 4.51. The van der Waals surface area contributed by atoms with E-state index < -0.39 is 0 Å². The van der Waals surface area contributed by atoms with E-state index >= 15 is 0 Å². The standard InChI is InChI=1S/C22H29N3O2S.ClH/c1-27-17-8-6-16(7-9-17)22-25-19-4-2-3-18(21(19)28-22)24-20(26)10-5-15-11-13-23-14-12-15;/h6-9,15,18,23H,2-5,10-14H2,1H3,(H,24,26);1H. The first-order valence-corrected chi connectivity index (χ1v) is 11.2. The largest absolute Gasteiger partial charge is 0.497 e. The van der Waals surface area contributed by atoms with Crippen molar-refractivity contribution in [3.63, 3.8) is 0 Å². The lowest BCUT2D eigenvalue weighted by Gasteiger charge is -2.24. The van der Waals surface area contributed by atoms with Crippen LogP contribution in [0.15, 0.2) is 24.3 Å². The molecule has 7 heteroatoms. The lowest BCUT2D eigenvalue weighted by Crippen LogP contribution is -2.32. The molecular weight excluding hydrogens is 406 g/mol. The minimum atomic E-state index is 0. The molecule has 29 heavy (non-hydrogen) atoms. The summed E-state index contributed by atoms with van der Waals surface area (Å²) in [4.78, 5) is 18.7. The number of nitrogens with one attached hydrogen (secondary N) is 2. The van der Waals surface area contributed by atoms with Crippen LogP contribution < -0.4 is 15.4 Å². The van der Waals surface area contributed by atoms with Gasteiger partial charge in [0.1, 0.15) is 10.8 Å². The normalized spacial score (nSPS) is 19.1. The SMILES string of the molecule is COc1ccc(-c2nc3c(s2)C(NC(=O)CCC2CCNCC2)CCC3)cc1.Cl. The molecular formula is C22H30ClN3O2S. The van der Waals surface area contributed by atoms with Crippen molar-refractivity contribution in [2.45, 2.75) is 51.0 Å². The number of hydrogen-bond donors (Lipinski definition) is 2. The summed E-state index contributed by atoms with van der Waals surface area (Å²) in [7, 11) is 1.68. The minimum absolute atomic E-state index is 0. The Balaban J connectivity index is 0.00000240. The molecule has 158 valence electrons. The summed E-state index contributed by atoms with van der Waals surface area (Å²) >= 11 is 1.72. The van der Waals surface area contributed by atoms with Crippen molar-refractivity contribution in [2.24, 2.45) is 5.92 Å². The molecule has 5 nitrogen and oxygen atoms in total. The van der Waals surface area contributed by atoms with Crippen molar-refractivity contribution in [1.82, 2.24) is 15.6 Å². The van der Waals surface area contributed by atoms with Gasteiger partial charge in [0.2, 0.25) is 5.91 Å². The Labute approximate surface area is 183 Å². The Kier molecular flexibility index (Phi) is 7.92. The molecule has 2 heterocycles. The predicted molar refractivity (Wildman–Crippen MR) is 120 cm³/mol. The van der Waals surface area contributed by atoms with Gasteiger partial charge in [-0.05, 0) is 81.8 Å². The number of thiazole rings is 1. The van der Waals surface area contributed by atoms with Gasteiger partial charge in [-0.15, -0.1) is 23.7 Å². The first-order chi connectivity index (χ1) is 13.7. The number of methoxy groups -OCH3 is 1. The van der Waals surface area contributed by atoms with E-state index in [1.54, 1.807) is 18.4 Å². The smallest absolute Gasteiger partial charge is 0.220 e. The van der Waals surface area contributed by atoms with E-state index in [1.807, 2.05) is 12.1 Å². The number of carbonyl (C=O) groups excluding carboxylic acids is 1. The molecule has 0 spiro atoms. The number of ether oxygens (including phenoxy) is 1. The van der Waals surface area contributed by atoms with E-state index in [9.17, 15) is 4.79 Å². The zero-order valence-corrected chi connectivity index (χ0v) is 18.5. The second-order valence-electron chi connectivity index (χ2n) is 7.80. The molecule has 1 saturated heterocycles. The molecule has 0 bridgehead atoms. The van der Waals surface area contributed by atoms with E-state index in [4.69, 9.17) is 9.72 Å². The van der Waals surface area contributed by atoms with Crippen molar-refractivity contribution in [3.8, 4) is 16.3 Å². The van der Waals surface area contributed by atoms with Gasteiger partial charge in [-0.1, -0.05) is 0 Å². The van der Waals surface area contributed by atoms with Crippen LogP contribution in [0.5, 0.6) is 5.75 Å². The maximum atomic E-state index is 12.6. The van der Waals surface area contributed by atoms with Crippen LogP contribution in [0.4, 0.5) is 0 Å². The highest BCUT2D eigenvalue weighted by Gasteiger charge is 2.26. The molecule has 1 fully saturated rings. The average molecular weight is 436 g/mol. The number of rotatable bonds is 6. The maximum absolute atomic E-state index is 12.6. The van der Waals surface area contributed by atoms with Crippen molar-refractivity contribution in [2.75, 3.05) is 20.2 Å². The Bertz CT molecular complexity index is 803. The fourth-order valence-corrected chi connectivity index (χ4v) is 5.39. The second-order valence-corrected chi connectivity index (χ2v) is 8.83. The Morgan fingerprint density at radius 3 is 2.72 bits per heavy atom. The summed E-state index contributed by atoms with van der Waals surface area (Å²) in [6.45, 7) is 2.18. The summed E-state index contributed by atoms with van der Waals surface area (Å²) in [5.74, 6) is 1.73. The third-order valence-electron chi connectivity index (χ3n) is 5.86. The number of aryl methyl sites for hydroxylation is 1. The topological polar surface area (TPSA) is 63.2 Å². The molecule has 1 aromatic heterocycles. The van der Waals surface area contributed by atoms with Gasteiger partial charge in [-0.25, -0.2) is 4.98 Å². The number of fused-ring (bicyclic) bond motifs is 1. The monoisotopic (exact) mass is 435 g/mol. The van der Waals surface area contributed by atoms with E-state index in [2.05, 4.69) is 22.8 Å². The molecule has 1 atom stereocenters. The first-order valence-electron chi connectivity index (χ1n) is 10.4. The van der Waals surface area contributed by atoms with E-state index in [0.717, 1.165) is 60.8 Å². The summed E-state index contributed by atoms with van der Waals surface area (Å²) in [5, 5.41) is 7.71. The van der Waals surface area contributed by atoms with E-state index in [0.29, 0.717) is 12.3 Å². The zero-order valence-electron chi connectivity index (χ0n) is 16.9. The van der Waals surface area contributed by atoms with Gasteiger partial charge >= 0.3 is 0 Å². The lowest BCUT2D eigenvalue weighted by atomic mass is 9.92. The van der Waals surface area contributed by atoms with Gasteiger partial charge in [0.25, 0.3) is 0 Å². The quantitative estimate of drug-likeness (QED) is 0.700. The molecule has 4 rings (SSSR count). The van der Waals surface area contributed by atoms with Crippen LogP contribution in [-0.2, 0) is 11.2 Å². The number of benzene rings is 1. The van der Waals surface area contributed by atoms with Gasteiger partial charge in [0.05, 0.1) is 23.7 Å². The van der Waals surface area contributed by atoms with Crippen LogP contribution in [0.3, 0.4) is 0 Å². The molecule has 1 aliphatic heterocycles. The molecule has 1 aliphatic carbocycles. The zero-order chi connectivity index (χ0) is 19.3. The van der Waals surface area contributed by atoms with E-state index in [1.165, 1.54) is 17.7 Å². The maximum Gasteiger partial charge on any atom is 0.220 e. The van der Waals surface area contributed by atoms with Crippen LogP contribution in [-0.4, -0.2) is 31.1 Å². The number of halogens is 1. The number of carbonyl (C=O) groups is 1. The number of hydrogen-bond acceptors (Lipinski definition) is 5. The first kappa shape index (κ1) is 22.1. The highest BCUT2D eigenvalue weighted by molar-refractivity contribution is 7.15. The Morgan fingerprint density at radius 2 is 2.00 bits per heavy atom. The summed E-state index contributed by atoms with van der Waals surface area (Å²) in [6.07, 6.45) is 7.13. The highest BCUT2D eigenvalue weighted by atomic mass is 35.5. The van der Waals surface area contributed by atoms with Gasteiger partial charge in [0, 0.05) is 12.0 Å². The summed E-state index contributed by atoms with van der Waals surface area (Å²) in [6, 6.07) is 8.16. The molecule has 1 unspecified atom stereocenters. The Morgan fingerprint density at radius 1 is 1.24 bits per heavy atom. The van der Waals surface area contributed by atoms with Crippen molar-refractivity contribution >= 4 is 29.7 Å². The molecule has 2 aromatic rings. The fraction of sp³-hybridized carbons (Fsp3) is 0.545. The summed E-state index contributed by atoms with van der Waals surface area (Å²) in [5.41, 5.74) is 2.27.